The molecule has 0 fully saturated rings. The van der Waals surface area contributed by atoms with E-state index < -0.39 is 0 Å². The predicted molar refractivity (Wildman–Crippen MR) is 105 cm³/mol. The van der Waals surface area contributed by atoms with Crippen molar-refractivity contribution >= 4 is 5.97 Å². The number of hydrogen-bond donors (Lipinski definition) is 0. The summed E-state index contributed by atoms with van der Waals surface area (Å²) in [6.45, 7) is 4.43. The van der Waals surface area contributed by atoms with E-state index >= 15 is 0 Å². The van der Waals surface area contributed by atoms with Crippen LogP contribution in [0.3, 0.4) is 0 Å². The maximum Gasteiger partial charge on any atom is 0.330 e. The summed E-state index contributed by atoms with van der Waals surface area (Å²) >= 11 is 0. The number of hydrogen-bond acceptors (Lipinski definition) is 2. The highest BCUT2D eigenvalue weighted by molar-refractivity contribution is 5.81. The van der Waals surface area contributed by atoms with Crippen LogP contribution in [0.4, 0.5) is 0 Å². The number of unbranched alkanes of at least 4 members (excludes halogenated alkanes) is 6. The fourth-order valence-corrected chi connectivity index (χ4v) is 2.25. The molecule has 0 aromatic rings. The molecule has 0 N–H and O–H groups in total. The first-order chi connectivity index (χ1) is 11.8. The first-order valence-electron chi connectivity index (χ1n) is 9.59. The second-order valence-electron chi connectivity index (χ2n) is 5.79. The quantitative estimate of drug-likeness (QED) is 0.144. The van der Waals surface area contributed by atoms with E-state index in [0.29, 0.717) is 6.61 Å². The first-order valence-corrected chi connectivity index (χ1v) is 9.59. The molecule has 0 spiro atoms. The number of esters is 1. The first kappa shape index (κ1) is 22.4. The lowest BCUT2D eigenvalue weighted by molar-refractivity contribution is -0.137. The zero-order valence-corrected chi connectivity index (χ0v) is 15.7. The fraction of sp³-hybridized carbons (Fsp3) is 0.591. The Bertz CT molecular complexity index is 389. The molecule has 0 radical (unpaired) electrons. The number of rotatable bonds is 15. The normalized spacial score (nSPS) is 12.2. The Morgan fingerprint density at radius 1 is 0.708 bits per heavy atom. The molecular weight excluding hydrogens is 296 g/mol. The minimum atomic E-state index is -0.225. The highest BCUT2D eigenvalue weighted by Crippen LogP contribution is 2.08. The molecule has 0 aromatic heterocycles. The van der Waals surface area contributed by atoms with E-state index in [0.717, 1.165) is 32.1 Å². The van der Waals surface area contributed by atoms with E-state index in [4.69, 9.17) is 4.74 Å². The summed E-state index contributed by atoms with van der Waals surface area (Å²) in [6, 6.07) is 0. The Morgan fingerprint density at radius 2 is 1.25 bits per heavy atom. The topological polar surface area (TPSA) is 26.3 Å². The molecule has 0 aliphatic rings. The molecule has 0 bridgehead atoms. The molecule has 0 heterocycles. The van der Waals surface area contributed by atoms with Gasteiger partial charge >= 0.3 is 5.97 Å². The Kier molecular flexibility index (Phi) is 18.2. The van der Waals surface area contributed by atoms with Gasteiger partial charge in [-0.1, -0.05) is 68.7 Å². The minimum Gasteiger partial charge on any atom is -0.463 e. The van der Waals surface area contributed by atoms with Crippen molar-refractivity contribution in [2.45, 2.75) is 78.1 Å². The van der Waals surface area contributed by atoms with Crippen LogP contribution in [0.5, 0.6) is 0 Å². The second kappa shape index (κ2) is 19.5. The molecule has 0 amide bonds. The van der Waals surface area contributed by atoms with E-state index in [-0.39, 0.29) is 5.97 Å². The lowest BCUT2D eigenvalue weighted by Crippen LogP contribution is -1.98. The minimum absolute atomic E-state index is 0.225. The van der Waals surface area contributed by atoms with Gasteiger partial charge in [-0.2, -0.15) is 0 Å². The zero-order valence-electron chi connectivity index (χ0n) is 15.7. The van der Waals surface area contributed by atoms with Crippen molar-refractivity contribution in [2.24, 2.45) is 0 Å². The largest absolute Gasteiger partial charge is 0.463 e. The van der Waals surface area contributed by atoms with Crippen LogP contribution in [0.2, 0.25) is 0 Å². The van der Waals surface area contributed by atoms with Gasteiger partial charge < -0.3 is 4.74 Å². The average molecular weight is 333 g/mol. The van der Waals surface area contributed by atoms with Gasteiger partial charge in [-0.15, -0.1) is 0 Å². The van der Waals surface area contributed by atoms with Crippen LogP contribution in [-0.2, 0) is 9.53 Å². The van der Waals surface area contributed by atoms with Gasteiger partial charge in [0.05, 0.1) is 6.61 Å². The van der Waals surface area contributed by atoms with Crippen molar-refractivity contribution in [3.63, 3.8) is 0 Å². The van der Waals surface area contributed by atoms with Gasteiger partial charge in [0, 0.05) is 6.08 Å². The highest BCUT2D eigenvalue weighted by Gasteiger charge is 1.93. The Balaban J connectivity index is 3.31. The number of carbonyl (C=O) groups excluding carboxylic acids is 1. The molecule has 0 saturated carbocycles. The molecule has 0 aliphatic carbocycles. The molecule has 2 nitrogen and oxygen atoms in total. The van der Waals surface area contributed by atoms with Crippen LogP contribution in [0.25, 0.3) is 0 Å². The zero-order chi connectivity index (χ0) is 17.7. The van der Waals surface area contributed by atoms with E-state index in [1.54, 1.807) is 6.08 Å². The third-order valence-electron chi connectivity index (χ3n) is 3.56. The van der Waals surface area contributed by atoms with E-state index in [2.05, 4.69) is 43.4 Å². The SMILES string of the molecule is CC/C=C\C/C=C\C/C=C\CCCCCCC/C=C/C(=O)OCC. The molecular formula is C22H36O2. The molecule has 0 aromatic carbocycles. The lowest BCUT2D eigenvalue weighted by atomic mass is 10.1. The molecule has 136 valence electrons. The van der Waals surface area contributed by atoms with Crippen LogP contribution in [0, 0.1) is 0 Å². The Morgan fingerprint density at radius 3 is 1.88 bits per heavy atom. The Labute approximate surface area is 149 Å². The number of carbonyl (C=O) groups is 1. The molecule has 24 heavy (non-hydrogen) atoms. The van der Waals surface area contributed by atoms with Gasteiger partial charge in [-0.05, 0) is 51.9 Å². The van der Waals surface area contributed by atoms with Crippen molar-refractivity contribution in [2.75, 3.05) is 6.61 Å². The van der Waals surface area contributed by atoms with Crippen LogP contribution in [0.15, 0.2) is 48.6 Å². The summed E-state index contributed by atoms with van der Waals surface area (Å²) in [5, 5.41) is 0. The summed E-state index contributed by atoms with van der Waals surface area (Å²) in [6.07, 6.45) is 28.5. The van der Waals surface area contributed by atoms with Crippen molar-refractivity contribution in [1.82, 2.24) is 0 Å². The van der Waals surface area contributed by atoms with Crippen LogP contribution >= 0.6 is 0 Å². The second-order valence-corrected chi connectivity index (χ2v) is 5.79. The number of ether oxygens (including phenoxy) is 1. The number of allylic oxidation sites excluding steroid dienone is 7. The molecule has 0 rings (SSSR count). The van der Waals surface area contributed by atoms with Gasteiger partial charge in [0.25, 0.3) is 0 Å². The van der Waals surface area contributed by atoms with Crippen LogP contribution in [-0.4, -0.2) is 12.6 Å². The van der Waals surface area contributed by atoms with Gasteiger partial charge in [0.2, 0.25) is 0 Å². The summed E-state index contributed by atoms with van der Waals surface area (Å²) in [7, 11) is 0. The van der Waals surface area contributed by atoms with Crippen molar-refractivity contribution < 1.29 is 9.53 Å². The molecule has 2 heteroatoms. The molecule has 0 atom stereocenters. The summed E-state index contributed by atoms with van der Waals surface area (Å²) in [5.41, 5.74) is 0. The average Bonchev–Trinajstić information content (AvgIpc) is 2.58. The maximum atomic E-state index is 11.1. The van der Waals surface area contributed by atoms with Crippen molar-refractivity contribution in [3.8, 4) is 0 Å². The van der Waals surface area contributed by atoms with E-state index in [1.807, 2.05) is 13.0 Å². The molecule has 0 unspecified atom stereocenters. The highest BCUT2D eigenvalue weighted by atomic mass is 16.5. The predicted octanol–water partition coefficient (Wildman–Crippen LogP) is 6.70. The standard InChI is InChI=1S/C22H36O2/c1-3-5-6-7-8-9-10-11-12-13-14-15-16-17-18-19-20-21-22(23)24-4-2/h5-6,8-9,11-12,20-21H,3-4,7,10,13-19H2,1-2H3/b6-5-,9-8-,12-11-,21-20+. The van der Waals surface area contributed by atoms with Crippen molar-refractivity contribution in [1.29, 1.82) is 0 Å². The monoisotopic (exact) mass is 332 g/mol. The van der Waals surface area contributed by atoms with Crippen LogP contribution < -0.4 is 0 Å². The van der Waals surface area contributed by atoms with Gasteiger partial charge in [0.1, 0.15) is 0 Å². The summed E-state index contributed by atoms with van der Waals surface area (Å²) < 4.78 is 4.83. The third-order valence-corrected chi connectivity index (χ3v) is 3.56. The molecule has 0 aliphatic heterocycles. The van der Waals surface area contributed by atoms with Crippen LogP contribution in [0.1, 0.15) is 78.1 Å². The summed E-state index contributed by atoms with van der Waals surface area (Å²) in [5.74, 6) is -0.225. The van der Waals surface area contributed by atoms with Gasteiger partial charge in [-0.3, -0.25) is 0 Å². The van der Waals surface area contributed by atoms with Gasteiger partial charge in [-0.25, -0.2) is 4.79 Å². The third kappa shape index (κ3) is 18.5. The smallest absolute Gasteiger partial charge is 0.330 e. The fourth-order valence-electron chi connectivity index (χ4n) is 2.25. The van der Waals surface area contributed by atoms with E-state index in [1.165, 1.54) is 32.1 Å². The van der Waals surface area contributed by atoms with Crippen molar-refractivity contribution in [3.05, 3.63) is 48.6 Å². The molecule has 0 saturated heterocycles. The maximum absolute atomic E-state index is 11.1. The Hall–Kier alpha value is -1.57. The lowest BCUT2D eigenvalue weighted by Gasteiger charge is -1.98. The van der Waals surface area contributed by atoms with E-state index in [9.17, 15) is 4.79 Å². The van der Waals surface area contributed by atoms with Gasteiger partial charge in [0.15, 0.2) is 0 Å². The summed E-state index contributed by atoms with van der Waals surface area (Å²) in [4.78, 5) is 11.1.